The minimum atomic E-state index is -0.684. The van der Waals surface area contributed by atoms with Gasteiger partial charge in [-0.25, -0.2) is 0 Å². The summed E-state index contributed by atoms with van der Waals surface area (Å²) in [6.45, 7) is 5.89. The van der Waals surface area contributed by atoms with E-state index in [2.05, 4.69) is 20.5 Å². The quantitative estimate of drug-likeness (QED) is 0.303. The predicted molar refractivity (Wildman–Crippen MR) is 121 cm³/mol. The molecule has 1 saturated heterocycles. The summed E-state index contributed by atoms with van der Waals surface area (Å²) in [7, 11) is 2.91. The van der Waals surface area contributed by atoms with Gasteiger partial charge in [0.05, 0.1) is 6.61 Å². The maximum atomic E-state index is 12.1. The van der Waals surface area contributed by atoms with Crippen molar-refractivity contribution in [2.24, 2.45) is 4.99 Å². The van der Waals surface area contributed by atoms with Crippen molar-refractivity contribution in [3.05, 3.63) is 0 Å². The minimum absolute atomic E-state index is 0. The van der Waals surface area contributed by atoms with Crippen LogP contribution in [0.5, 0.6) is 0 Å². The molecule has 1 saturated carbocycles. The number of guanidine groups is 1. The maximum Gasteiger partial charge on any atom is 0.191 e. The van der Waals surface area contributed by atoms with Crippen LogP contribution in [0, 0.1) is 0 Å². The van der Waals surface area contributed by atoms with Gasteiger partial charge in [-0.3, -0.25) is 14.1 Å². The van der Waals surface area contributed by atoms with E-state index in [1.54, 1.807) is 7.11 Å². The van der Waals surface area contributed by atoms with Gasteiger partial charge in [0.2, 0.25) is 0 Å². The Morgan fingerprint density at radius 1 is 1.31 bits per heavy atom. The van der Waals surface area contributed by atoms with E-state index in [0.717, 1.165) is 63.6 Å². The second kappa shape index (κ2) is 13.3. The highest BCUT2D eigenvalue weighted by Gasteiger charge is 2.27. The number of nitrogens with zero attached hydrogens (tertiary/aromatic N) is 2. The number of likely N-dealkylation sites (tertiary alicyclic amines) is 1. The summed E-state index contributed by atoms with van der Waals surface area (Å²) in [6.07, 6.45) is 6.87. The molecule has 2 N–H and O–H groups in total. The average Bonchev–Trinajstić information content (AvgIpc) is 3.10. The number of hydrogen-bond acceptors (Lipinski definition) is 4. The monoisotopic (exact) mass is 500 g/mol. The summed E-state index contributed by atoms with van der Waals surface area (Å²) in [5.41, 5.74) is 0. The van der Waals surface area contributed by atoms with Gasteiger partial charge in [0.25, 0.3) is 0 Å². The van der Waals surface area contributed by atoms with Gasteiger partial charge < -0.3 is 15.4 Å². The van der Waals surface area contributed by atoms with Gasteiger partial charge in [-0.2, -0.15) is 0 Å². The van der Waals surface area contributed by atoms with E-state index < -0.39 is 10.8 Å². The highest BCUT2D eigenvalue weighted by Crippen LogP contribution is 2.23. The van der Waals surface area contributed by atoms with E-state index in [1.165, 1.54) is 12.8 Å². The Labute approximate surface area is 178 Å². The first-order chi connectivity index (χ1) is 12.2. The molecule has 0 aromatic rings. The highest BCUT2D eigenvalue weighted by molar-refractivity contribution is 14.0. The maximum absolute atomic E-state index is 12.1. The van der Waals surface area contributed by atoms with Crippen molar-refractivity contribution >= 4 is 40.7 Å². The second-order valence-corrected chi connectivity index (χ2v) is 9.08. The van der Waals surface area contributed by atoms with E-state index in [-0.39, 0.29) is 24.0 Å². The third-order valence-corrected chi connectivity index (χ3v) is 7.17. The molecule has 2 rings (SSSR count). The number of halogens is 1. The predicted octanol–water partition coefficient (Wildman–Crippen LogP) is 1.96. The van der Waals surface area contributed by atoms with Crippen molar-refractivity contribution in [3.8, 4) is 0 Å². The minimum Gasteiger partial charge on any atom is -0.383 e. The zero-order chi connectivity index (χ0) is 18.1. The lowest BCUT2D eigenvalue weighted by atomic mass is 9.95. The van der Waals surface area contributed by atoms with Gasteiger partial charge in [-0.15, -0.1) is 24.0 Å². The molecular formula is C18H37IN4O2S. The van der Waals surface area contributed by atoms with Crippen molar-refractivity contribution < 1.29 is 8.95 Å². The van der Waals surface area contributed by atoms with Crippen LogP contribution in [-0.4, -0.2) is 78.6 Å². The van der Waals surface area contributed by atoms with Crippen LogP contribution in [0.3, 0.4) is 0 Å². The van der Waals surface area contributed by atoms with Crippen LogP contribution in [0.25, 0.3) is 0 Å². The summed E-state index contributed by atoms with van der Waals surface area (Å²) in [5.74, 6) is 1.65. The van der Waals surface area contributed by atoms with E-state index in [4.69, 9.17) is 4.74 Å². The van der Waals surface area contributed by atoms with Crippen LogP contribution in [0.1, 0.15) is 45.4 Å². The summed E-state index contributed by atoms with van der Waals surface area (Å²) in [4.78, 5) is 6.90. The molecule has 26 heavy (non-hydrogen) atoms. The van der Waals surface area contributed by atoms with Crippen molar-refractivity contribution in [2.75, 3.05) is 46.2 Å². The molecule has 0 aromatic heterocycles. The molecular weight excluding hydrogens is 463 g/mol. The largest absolute Gasteiger partial charge is 0.383 e. The normalized spacial score (nSPS) is 28.4. The fourth-order valence-corrected chi connectivity index (χ4v) is 5.33. The molecule has 2 fully saturated rings. The van der Waals surface area contributed by atoms with Crippen molar-refractivity contribution in [2.45, 2.75) is 62.8 Å². The lowest BCUT2D eigenvalue weighted by molar-refractivity contribution is 0.141. The molecule has 0 radical (unpaired) electrons. The number of nitrogens with one attached hydrogen (secondary N) is 2. The van der Waals surface area contributed by atoms with Crippen LogP contribution in [-0.2, 0) is 15.5 Å². The Balaban J connectivity index is 0.00000338. The van der Waals surface area contributed by atoms with Crippen LogP contribution in [0.15, 0.2) is 4.99 Å². The molecule has 8 heteroatoms. The van der Waals surface area contributed by atoms with Gasteiger partial charge in [0, 0.05) is 61.1 Å². The lowest BCUT2D eigenvalue weighted by Crippen LogP contribution is -2.49. The third-order valence-electron chi connectivity index (χ3n) is 5.43. The lowest BCUT2D eigenvalue weighted by Gasteiger charge is -2.31. The summed E-state index contributed by atoms with van der Waals surface area (Å²) in [6, 6.07) is 0.939. The molecule has 0 bridgehead atoms. The Kier molecular flexibility index (Phi) is 12.3. The molecule has 2 aliphatic rings. The number of hydrogen-bond donors (Lipinski definition) is 2. The van der Waals surface area contributed by atoms with Crippen molar-refractivity contribution in [1.29, 1.82) is 0 Å². The van der Waals surface area contributed by atoms with Crippen LogP contribution < -0.4 is 10.6 Å². The molecule has 0 spiro atoms. The average molecular weight is 500 g/mol. The summed E-state index contributed by atoms with van der Waals surface area (Å²) < 4.78 is 17.3. The van der Waals surface area contributed by atoms with Crippen molar-refractivity contribution in [1.82, 2.24) is 15.5 Å². The number of methoxy groups -OCH3 is 1. The van der Waals surface area contributed by atoms with Gasteiger partial charge in [-0.1, -0.05) is 13.3 Å². The molecule has 1 aliphatic carbocycles. The van der Waals surface area contributed by atoms with Crippen LogP contribution in [0.4, 0.5) is 0 Å². The topological polar surface area (TPSA) is 66.0 Å². The van der Waals surface area contributed by atoms with Crippen molar-refractivity contribution in [3.63, 3.8) is 0 Å². The van der Waals surface area contributed by atoms with Gasteiger partial charge >= 0.3 is 0 Å². The molecule has 6 nitrogen and oxygen atoms in total. The molecule has 4 atom stereocenters. The Hall–Kier alpha value is 0.0700. The van der Waals surface area contributed by atoms with E-state index in [9.17, 15) is 4.21 Å². The first kappa shape index (κ1) is 24.1. The summed E-state index contributed by atoms with van der Waals surface area (Å²) >= 11 is 0. The Morgan fingerprint density at radius 3 is 2.81 bits per heavy atom. The first-order valence-electron chi connectivity index (χ1n) is 9.75. The Morgan fingerprint density at radius 2 is 2.12 bits per heavy atom. The summed E-state index contributed by atoms with van der Waals surface area (Å²) in [5, 5.41) is 7.40. The number of ether oxygens (including phenoxy) is 1. The molecule has 1 aliphatic heterocycles. The first-order valence-corrected chi connectivity index (χ1v) is 11.1. The third kappa shape index (κ3) is 7.59. The van der Waals surface area contributed by atoms with E-state index in [0.29, 0.717) is 17.3 Å². The molecule has 0 amide bonds. The van der Waals surface area contributed by atoms with Crippen LogP contribution >= 0.6 is 24.0 Å². The zero-order valence-corrected chi connectivity index (χ0v) is 19.7. The van der Waals surface area contributed by atoms with Gasteiger partial charge in [-0.05, 0) is 38.6 Å². The standard InChI is InChI=1S/C18H36N4O2S.HI/c1-4-25(23)17-9-5-7-15(13-17)21-18(19-2)20-14-16-8-6-10-22(16)11-12-24-3;/h15-17H,4-14H2,1-3H3,(H2,19,20,21);1H. The SMILES string of the molecule is CCS(=O)C1CCCC(NC(=NC)NCC2CCCN2CCOC)C1.I. The fraction of sp³-hybridized carbons (Fsp3) is 0.944. The molecule has 154 valence electrons. The number of rotatable bonds is 8. The van der Waals surface area contributed by atoms with E-state index in [1.807, 2.05) is 14.0 Å². The molecule has 4 unspecified atom stereocenters. The Bertz CT molecular complexity index is 453. The number of aliphatic imine (C=N–C) groups is 1. The molecule has 0 aromatic carbocycles. The van der Waals surface area contributed by atoms with Gasteiger partial charge in [0.1, 0.15) is 0 Å². The zero-order valence-electron chi connectivity index (χ0n) is 16.5. The van der Waals surface area contributed by atoms with Crippen LogP contribution in [0.2, 0.25) is 0 Å². The van der Waals surface area contributed by atoms with E-state index >= 15 is 0 Å². The highest BCUT2D eigenvalue weighted by atomic mass is 127. The smallest absolute Gasteiger partial charge is 0.191 e. The second-order valence-electron chi connectivity index (χ2n) is 7.08. The van der Waals surface area contributed by atoms with Gasteiger partial charge in [0.15, 0.2) is 5.96 Å². The molecule has 1 heterocycles. The fourth-order valence-electron chi connectivity index (χ4n) is 3.98.